The minimum absolute atomic E-state index is 0.0874. The van der Waals surface area contributed by atoms with Crippen molar-refractivity contribution in [1.29, 1.82) is 0 Å². The summed E-state index contributed by atoms with van der Waals surface area (Å²) >= 11 is 0. The molecule has 0 aliphatic carbocycles. The summed E-state index contributed by atoms with van der Waals surface area (Å²) in [6, 6.07) is 9.24. The maximum atomic E-state index is 12.8. The Kier molecular flexibility index (Phi) is 7.69. The summed E-state index contributed by atoms with van der Waals surface area (Å²) in [5.74, 6) is 0.968. The Bertz CT molecular complexity index is 971. The minimum Gasteiger partial charge on any atom is -0.493 e. The average molecular weight is 449 g/mol. The maximum Gasteiger partial charge on any atom is 0.387 e. The van der Waals surface area contributed by atoms with Gasteiger partial charge in [0.05, 0.1) is 27.5 Å². The highest BCUT2D eigenvalue weighted by Crippen LogP contribution is 2.31. The zero-order chi connectivity index (χ0) is 23.1. The highest BCUT2D eigenvalue weighted by atomic mass is 19.3. The molecule has 0 aromatic heterocycles. The Morgan fingerprint density at radius 2 is 1.75 bits per heavy atom. The first kappa shape index (κ1) is 23.1. The summed E-state index contributed by atoms with van der Waals surface area (Å²) in [5, 5.41) is 8.94. The van der Waals surface area contributed by atoms with Crippen LogP contribution in [0.15, 0.2) is 41.5 Å². The number of anilines is 1. The van der Waals surface area contributed by atoms with Gasteiger partial charge in [-0.1, -0.05) is 0 Å². The van der Waals surface area contributed by atoms with Crippen LogP contribution >= 0.6 is 0 Å². The number of carbonyl (C=O) groups is 1. The summed E-state index contributed by atoms with van der Waals surface area (Å²) in [6.07, 6.45) is 2.93. The average Bonchev–Trinajstić information content (AvgIpc) is 3.26. The molecule has 0 saturated carbocycles. The van der Waals surface area contributed by atoms with Crippen molar-refractivity contribution in [1.82, 2.24) is 5.01 Å². The van der Waals surface area contributed by atoms with Crippen LogP contribution in [0.25, 0.3) is 0 Å². The largest absolute Gasteiger partial charge is 0.493 e. The van der Waals surface area contributed by atoms with Gasteiger partial charge in [0, 0.05) is 18.3 Å². The van der Waals surface area contributed by atoms with E-state index in [4.69, 9.17) is 14.2 Å². The van der Waals surface area contributed by atoms with Gasteiger partial charge in [0.25, 0.3) is 0 Å². The van der Waals surface area contributed by atoms with Gasteiger partial charge in [0.15, 0.2) is 23.0 Å². The second-order valence-corrected chi connectivity index (χ2v) is 6.91. The third kappa shape index (κ3) is 5.57. The molecule has 0 radical (unpaired) electrons. The predicted molar refractivity (Wildman–Crippen MR) is 115 cm³/mol. The van der Waals surface area contributed by atoms with Crippen LogP contribution in [0.4, 0.5) is 14.5 Å². The first-order chi connectivity index (χ1) is 15.4. The monoisotopic (exact) mass is 449 g/mol. The van der Waals surface area contributed by atoms with E-state index in [1.807, 2.05) is 0 Å². The molecule has 1 aliphatic heterocycles. The van der Waals surface area contributed by atoms with E-state index in [-0.39, 0.29) is 17.4 Å². The smallest absolute Gasteiger partial charge is 0.387 e. The van der Waals surface area contributed by atoms with E-state index in [0.717, 1.165) is 6.42 Å². The van der Waals surface area contributed by atoms with Crippen LogP contribution in [0.5, 0.6) is 23.0 Å². The van der Waals surface area contributed by atoms with Crippen molar-refractivity contribution >= 4 is 17.8 Å². The van der Waals surface area contributed by atoms with Gasteiger partial charge >= 0.3 is 6.61 Å². The fraction of sp³-hybridized carbons (Fsp3) is 0.364. The van der Waals surface area contributed by atoms with Crippen LogP contribution in [0.2, 0.25) is 0 Å². The van der Waals surface area contributed by atoms with E-state index in [9.17, 15) is 13.6 Å². The normalized spacial score (nSPS) is 15.8. The Morgan fingerprint density at radius 1 is 1.06 bits per heavy atom. The molecule has 8 nitrogen and oxygen atoms in total. The topological polar surface area (TPSA) is 81.6 Å². The molecule has 2 aromatic carbocycles. The van der Waals surface area contributed by atoms with Crippen molar-refractivity contribution in [3.05, 3.63) is 42.0 Å². The number of hydrogen-bond acceptors (Lipinski definition) is 7. The molecule has 1 N–H and O–H groups in total. The second-order valence-electron chi connectivity index (χ2n) is 6.91. The molecule has 172 valence electrons. The Balaban J connectivity index is 1.70. The van der Waals surface area contributed by atoms with Crippen LogP contribution in [-0.2, 0) is 4.79 Å². The molecule has 32 heavy (non-hydrogen) atoms. The number of alkyl halides is 2. The van der Waals surface area contributed by atoms with Gasteiger partial charge in [-0.05, 0) is 48.7 Å². The van der Waals surface area contributed by atoms with E-state index < -0.39 is 12.7 Å². The number of halogens is 2. The van der Waals surface area contributed by atoms with Gasteiger partial charge in [-0.15, -0.1) is 0 Å². The third-order valence-corrected chi connectivity index (χ3v) is 4.94. The second kappa shape index (κ2) is 10.7. The summed E-state index contributed by atoms with van der Waals surface area (Å²) < 4.78 is 45.3. The molecule has 0 bridgehead atoms. The zero-order valence-electron chi connectivity index (χ0n) is 18.0. The number of ether oxygens (including phenoxy) is 4. The molecule has 1 amide bonds. The van der Waals surface area contributed by atoms with Crippen LogP contribution in [-0.4, -0.2) is 57.7 Å². The van der Waals surface area contributed by atoms with Crippen LogP contribution < -0.4 is 24.3 Å². The van der Waals surface area contributed by atoms with E-state index in [1.165, 1.54) is 39.7 Å². The van der Waals surface area contributed by atoms with Gasteiger partial charge in [0.2, 0.25) is 5.91 Å². The SMILES string of the molecule is COc1ccc(NC(=O)C2CCCN2/N=C/c2ccc(OC)c(OC(F)F)c2)cc1OC. The zero-order valence-corrected chi connectivity index (χ0v) is 18.0. The molecular formula is C22H25F2N3O5. The van der Waals surface area contributed by atoms with E-state index in [2.05, 4.69) is 15.2 Å². The molecule has 1 fully saturated rings. The fourth-order valence-electron chi connectivity index (χ4n) is 3.40. The summed E-state index contributed by atoms with van der Waals surface area (Å²) in [5.41, 5.74) is 1.11. The predicted octanol–water partition coefficient (Wildman–Crippen LogP) is 3.75. The van der Waals surface area contributed by atoms with Crippen molar-refractivity contribution in [2.75, 3.05) is 33.2 Å². The van der Waals surface area contributed by atoms with Gasteiger partial charge in [-0.25, -0.2) is 0 Å². The molecule has 1 atom stereocenters. The van der Waals surface area contributed by atoms with Crippen LogP contribution in [0.3, 0.4) is 0 Å². The lowest BCUT2D eigenvalue weighted by Crippen LogP contribution is -2.36. The van der Waals surface area contributed by atoms with Gasteiger partial charge in [0.1, 0.15) is 6.04 Å². The van der Waals surface area contributed by atoms with Crippen LogP contribution in [0.1, 0.15) is 18.4 Å². The van der Waals surface area contributed by atoms with Gasteiger partial charge in [-0.2, -0.15) is 13.9 Å². The fourth-order valence-corrected chi connectivity index (χ4v) is 3.40. The van der Waals surface area contributed by atoms with Crippen molar-refractivity contribution in [3.8, 4) is 23.0 Å². The molecule has 1 unspecified atom stereocenters. The maximum absolute atomic E-state index is 12.8. The van der Waals surface area contributed by atoms with Crippen molar-refractivity contribution in [2.45, 2.75) is 25.5 Å². The van der Waals surface area contributed by atoms with Crippen molar-refractivity contribution < 1.29 is 32.5 Å². The number of methoxy groups -OCH3 is 3. The van der Waals surface area contributed by atoms with Gasteiger partial charge in [-0.3, -0.25) is 9.80 Å². The van der Waals surface area contributed by atoms with E-state index >= 15 is 0 Å². The lowest BCUT2D eigenvalue weighted by molar-refractivity contribution is -0.120. The first-order valence-corrected chi connectivity index (χ1v) is 9.91. The number of hydrazone groups is 1. The van der Waals surface area contributed by atoms with Gasteiger partial charge < -0.3 is 24.3 Å². The third-order valence-electron chi connectivity index (χ3n) is 4.94. The molecule has 0 spiro atoms. The lowest BCUT2D eigenvalue weighted by atomic mass is 10.2. The Labute approximate surface area is 184 Å². The highest BCUT2D eigenvalue weighted by Gasteiger charge is 2.30. The summed E-state index contributed by atoms with van der Waals surface area (Å²) in [4.78, 5) is 12.8. The van der Waals surface area contributed by atoms with Crippen molar-refractivity contribution in [2.24, 2.45) is 5.10 Å². The molecule has 1 aliphatic rings. The van der Waals surface area contributed by atoms with Crippen LogP contribution in [0, 0.1) is 0 Å². The number of amides is 1. The Hall–Kier alpha value is -3.56. The lowest BCUT2D eigenvalue weighted by Gasteiger charge is -2.21. The number of rotatable bonds is 9. The standard InChI is InChI=1S/C22H25F2N3O5/c1-29-17-9-7-15(12-19(17)31-3)26-21(28)16-5-4-10-27(16)25-13-14-6-8-18(30-2)20(11-14)32-22(23)24/h6-9,11-13,16,22H,4-5,10H2,1-3H3,(H,26,28)/b25-13+. The number of nitrogens with zero attached hydrogens (tertiary/aromatic N) is 2. The number of benzene rings is 2. The molecule has 1 saturated heterocycles. The number of hydrogen-bond donors (Lipinski definition) is 1. The first-order valence-electron chi connectivity index (χ1n) is 9.91. The van der Waals surface area contributed by atoms with E-state index in [0.29, 0.717) is 35.7 Å². The minimum atomic E-state index is -2.97. The van der Waals surface area contributed by atoms with Crippen molar-refractivity contribution in [3.63, 3.8) is 0 Å². The highest BCUT2D eigenvalue weighted by molar-refractivity contribution is 5.95. The molecule has 1 heterocycles. The number of nitrogens with one attached hydrogen (secondary N) is 1. The molecule has 3 rings (SSSR count). The molecule has 2 aromatic rings. The quantitative estimate of drug-likeness (QED) is 0.588. The molecule has 10 heteroatoms. The number of carbonyl (C=O) groups excluding carboxylic acids is 1. The summed E-state index contributed by atoms with van der Waals surface area (Å²) in [7, 11) is 4.43. The Morgan fingerprint density at radius 3 is 2.44 bits per heavy atom. The molecular weight excluding hydrogens is 424 g/mol. The summed E-state index contributed by atoms with van der Waals surface area (Å²) in [6.45, 7) is -2.38. The van der Waals surface area contributed by atoms with E-state index in [1.54, 1.807) is 29.3 Å².